The van der Waals surface area contributed by atoms with Crippen LogP contribution >= 0.6 is 11.3 Å². The van der Waals surface area contributed by atoms with Crippen molar-refractivity contribution in [2.75, 3.05) is 20.1 Å². The molecule has 0 aliphatic heterocycles. The maximum absolute atomic E-state index is 6.13. The van der Waals surface area contributed by atoms with Crippen molar-refractivity contribution in [3.05, 3.63) is 22.4 Å². The topological polar surface area (TPSA) is 29.3 Å². The van der Waals surface area contributed by atoms with Crippen LogP contribution in [0.2, 0.25) is 0 Å². The van der Waals surface area contributed by atoms with Crippen LogP contribution in [-0.2, 0) is 6.42 Å². The third kappa shape index (κ3) is 4.59. The molecule has 19 heavy (non-hydrogen) atoms. The molecule has 0 radical (unpaired) electrons. The number of likely N-dealkylation sites (N-methyl/N-ethyl adjacent to an activating group) is 1. The van der Waals surface area contributed by atoms with Gasteiger partial charge in [-0.3, -0.25) is 4.90 Å². The number of rotatable bonds is 9. The predicted molar refractivity (Wildman–Crippen MR) is 86.8 cm³/mol. The summed E-state index contributed by atoms with van der Waals surface area (Å²) in [5.41, 5.74) is 6.31. The summed E-state index contributed by atoms with van der Waals surface area (Å²) in [6, 6.07) is 4.36. The molecule has 2 N–H and O–H groups in total. The first kappa shape index (κ1) is 16.7. The highest BCUT2D eigenvalue weighted by atomic mass is 32.1. The Kier molecular flexibility index (Phi) is 7.05. The van der Waals surface area contributed by atoms with Gasteiger partial charge in [0.25, 0.3) is 0 Å². The minimum Gasteiger partial charge on any atom is -0.329 e. The minimum absolute atomic E-state index is 0.173. The van der Waals surface area contributed by atoms with Crippen LogP contribution in [0.1, 0.15) is 44.9 Å². The van der Waals surface area contributed by atoms with Crippen molar-refractivity contribution in [2.24, 2.45) is 11.7 Å². The first-order valence-corrected chi connectivity index (χ1v) is 8.39. The summed E-state index contributed by atoms with van der Waals surface area (Å²) >= 11 is 1.85. The molecule has 2 atom stereocenters. The largest absolute Gasteiger partial charge is 0.329 e. The van der Waals surface area contributed by atoms with Gasteiger partial charge in [-0.1, -0.05) is 33.3 Å². The Balaban J connectivity index is 2.63. The fourth-order valence-electron chi connectivity index (χ4n) is 2.72. The molecule has 0 spiro atoms. The van der Waals surface area contributed by atoms with Crippen molar-refractivity contribution >= 4 is 11.3 Å². The molecule has 0 aliphatic rings. The molecule has 0 fully saturated rings. The van der Waals surface area contributed by atoms with Crippen molar-refractivity contribution < 1.29 is 0 Å². The maximum Gasteiger partial charge on any atom is 0.0328 e. The Labute approximate surface area is 123 Å². The molecule has 1 rings (SSSR count). The molecule has 0 saturated heterocycles. The van der Waals surface area contributed by atoms with E-state index in [0.717, 1.165) is 31.8 Å². The second-order valence-corrected chi connectivity index (χ2v) is 6.78. The monoisotopic (exact) mass is 282 g/mol. The van der Waals surface area contributed by atoms with E-state index in [-0.39, 0.29) is 5.54 Å². The first-order valence-electron chi connectivity index (χ1n) is 7.51. The lowest BCUT2D eigenvalue weighted by Crippen LogP contribution is -2.53. The Morgan fingerprint density at radius 1 is 1.42 bits per heavy atom. The SMILES string of the molecule is CCC(C)CC(CC)(CN)N(C)CCc1cccs1. The molecule has 3 heteroatoms. The second-order valence-electron chi connectivity index (χ2n) is 5.75. The summed E-state index contributed by atoms with van der Waals surface area (Å²) in [5, 5.41) is 2.16. The Hall–Kier alpha value is -0.380. The lowest BCUT2D eigenvalue weighted by Gasteiger charge is -2.42. The van der Waals surface area contributed by atoms with E-state index in [2.05, 4.69) is 50.2 Å². The van der Waals surface area contributed by atoms with Crippen LogP contribution in [0.15, 0.2) is 17.5 Å². The number of hydrogen-bond acceptors (Lipinski definition) is 3. The summed E-state index contributed by atoms with van der Waals surface area (Å²) in [4.78, 5) is 3.97. The molecule has 0 aromatic carbocycles. The zero-order chi connectivity index (χ0) is 14.3. The molecule has 2 unspecified atom stereocenters. The van der Waals surface area contributed by atoms with Crippen molar-refractivity contribution in [3.63, 3.8) is 0 Å². The van der Waals surface area contributed by atoms with Gasteiger partial charge in [0, 0.05) is 23.5 Å². The fourth-order valence-corrected chi connectivity index (χ4v) is 3.41. The molecule has 0 saturated carbocycles. The van der Waals surface area contributed by atoms with E-state index in [1.807, 2.05) is 11.3 Å². The zero-order valence-electron chi connectivity index (χ0n) is 13.0. The highest BCUT2D eigenvalue weighted by Gasteiger charge is 2.32. The van der Waals surface area contributed by atoms with Gasteiger partial charge >= 0.3 is 0 Å². The van der Waals surface area contributed by atoms with E-state index in [1.165, 1.54) is 17.7 Å². The fraction of sp³-hybridized carbons (Fsp3) is 0.750. The summed E-state index contributed by atoms with van der Waals surface area (Å²) in [5.74, 6) is 0.743. The number of hydrogen-bond donors (Lipinski definition) is 1. The molecular weight excluding hydrogens is 252 g/mol. The third-order valence-electron chi connectivity index (χ3n) is 4.55. The van der Waals surface area contributed by atoms with Crippen molar-refractivity contribution in [3.8, 4) is 0 Å². The highest BCUT2D eigenvalue weighted by molar-refractivity contribution is 7.09. The quantitative estimate of drug-likeness (QED) is 0.747. The van der Waals surface area contributed by atoms with Gasteiger partial charge in [0.1, 0.15) is 0 Å². The highest BCUT2D eigenvalue weighted by Crippen LogP contribution is 2.27. The maximum atomic E-state index is 6.13. The third-order valence-corrected chi connectivity index (χ3v) is 5.48. The lowest BCUT2D eigenvalue weighted by molar-refractivity contribution is 0.0939. The molecule has 110 valence electrons. The Morgan fingerprint density at radius 3 is 2.63 bits per heavy atom. The normalized spacial score (nSPS) is 16.5. The van der Waals surface area contributed by atoms with Crippen LogP contribution in [0, 0.1) is 5.92 Å². The second kappa shape index (κ2) is 8.03. The first-order chi connectivity index (χ1) is 9.07. The Bertz CT molecular complexity index is 331. The smallest absolute Gasteiger partial charge is 0.0328 e. The molecule has 0 aliphatic carbocycles. The lowest BCUT2D eigenvalue weighted by atomic mass is 9.83. The predicted octanol–water partition coefficient (Wildman–Crippen LogP) is 3.77. The van der Waals surface area contributed by atoms with E-state index in [9.17, 15) is 0 Å². The van der Waals surface area contributed by atoms with E-state index in [1.54, 1.807) is 0 Å². The molecule has 1 aromatic rings. The number of nitrogens with two attached hydrogens (primary N) is 1. The summed E-state index contributed by atoms with van der Waals surface area (Å²) in [7, 11) is 2.24. The summed E-state index contributed by atoms with van der Waals surface area (Å²) in [6.07, 6.45) is 4.71. The van der Waals surface area contributed by atoms with Crippen LogP contribution in [0.4, 0.5) is 0 Å². The Morgan fingerprint density at radius 2 is 2.16 bits per heavy atom. The van der Waals surface area contributed by atoms with Crippen LogP contribution in [0.5, 0.6) is 0 Å². The van der Waals surface area contributed by atoms with Gasteiger partial charge in [0.2, 0.25) is 0 Å². The van der Waals surface area contributed by atoms with Gasteiger partial charge in [0.05, 0.1) is 0 Å². The summed E-state index contributed by atoms with van der Waals surface area (Å²) < 4.78 is 0. The average molecular weight is 282 g/mol. The van der Waals surface area contributed by atoms with E-state index < -0.39 is 0 Å². The van der Waals surface area contributed by atoms with Crippen molar-refractivity contribution in [2.45, 2.75) is 52.0 Å². The van der Waals surface area contributed by atoms with Gasteiger partial charge in [-0.25, -0.2) is 0 Å². The summed E-state index contributed by atoms with van der Waals surface area (Å²) in [6.45, 7) is 8.74. The molecule has 0 bridgehead atoms. The van der Waals surface area contributed by atoms with Crippen LogP contribution in [0.25, 0.3) is 0 Å². The number of thiophene rings is 1. The molecule has 1 heterocycles. The van der Waals surface area contributed by atoms with Gasteiger partial charge in [-0.2, -0.15) is 0 Å². The van der Waals surface area contributed by atoms with Gasteiger partial charge in [-0.05, 0) is 43.7 Å². The van der Waals surface area contributed by atoms with Crippen molar-refractivity contribution in [1.82, 2.24) is 4.90 Å². The number of nitrogens with zero attached hydrogens (tertiary/aromatic N) is 1. The van der Waals surface area contributed by atoms with E-state index >= 15 is 0 Å². The molecule has 0 amide bonds. The van der Waals surface area contributed by atoms with Crippen LogP contribution in [-0.4, -0.2) is 30.6 Å². The minimum atomic E-state index is 0.173. The molecule has 2 nitrogen and oxygen atoms in total. The van der Waals surface area contributed by atoms with Gasteiger partial charge < -0.3 is 5.73 Å². The molecule has 1 aromatic heterocycles. The van der Waals surface area contributed by atoms with E-state index in [0.29, 0.717) is 0 Å². The van der Waals surface area contributed by atoms with E-state index in [4.69, 9.17) is 5.73 Å². The molecular formula is C16H30N2S. The van der Waals surface area contributed by atoms with Crippen LogP contribution < -0.4 is 5.73 Å². The van der Waals surface area contributed by atoms with Crippen LogP contribution in [0.3, 0.4) is 0 Å². The van der Waals surface area contributed by atoms with Gasteiger partial charge in [0.15, 0.2) is 0 Å². The van der Waals surface area contributed by atoms with Crippen molar-refractivity contribution in [1.29, 1.82) is 0 Å². The van der Waals surface area contributed by atoms with Gasteiger partial charge in [-0.15, -0.1) is 11.3 Å². The average Bonchev–Trinajstić information content (AvgIpc) is 2.95. The zero-order valence-corrected chi connectivity index (χ0v) is 13.8. The standard InChI is InChI=1S/C16H30N2S/c1-5-14(3)12-16(6-2,13-17)18(4)10-9-15-8-7-11-19-15/h7-8,11,14H,5-6,9-10,12-13,17H2,1-4H3.